The molecule has 0 aliphatic carbocycles. The number of methoxy groups -OCH3 is 1. The molecule has 112 valence electrons. The number of benzene rings is 1. The van der Waals surface area contributed by atoms with E-state index in [9.17, 15) is 0 Å². The zero-order valence-electron chi connectivity index (χ0n) is 13.0. The van der Waals surface area contributed by atoms with Crippen LogP contribution in [0.5, 0.6) is 5.75 Å². The van der Waals surface area contributed by atoms with Crippen LogP contribution in [0.1, 0.15) is 38.3 Å². The molecule has 0 amide bonds. The Bertz CT molecular complexity index is 394. The van der Waals surface area contributed by atoms with E-state index in [4.69, 9.17) is 10.5 Å². The summed E-state index contributed by atoms with van der Waals surface area (Å²) in [6, 6.07) is 8.21. The summed E-state index contributed by atoms with van der Waals surface area (Å²) in [6.07, 6.45) is 2.62. The highest BCUT2D eigenvalue weighted by Gasteiger charge is 2.22. The van der Waals surface area contributed by atoms with Crippen molar-refractivity contribution in [2.75, 3.05) is 26.7 Å². The van der Waals surface area contributed by atoms with Gasteiger partial charge in [0.15, 0.2) is 0 Å². The van der Waals surface area contributed by atoms with E-state index in [1.54, 1.807) is 7.11 Å². The molecule has 1 aromatic rings. The van der Waals surface area contributed by atoms with E-state index >= 15 is 0 Å². The Balaban J connectivity index is 1.84. The first-order valence-electron chi connectivity index (χ1n) is 7.72. The van der Waals surface area contributed by atoms with Crippen LogP contribution in [0.25, 0.3) is 0 Å². The maximum absolute atomic E-state index is 6.33. The molecule has 20 heavy (non-hydrogen) atoms. The fourth-order valence-corrected chi connectivity index (χ4v) is 3.04. The fraction of sp³-hybridized carbons (Fsp3) is 0.647. The molecule has 1 unspecified atom stereocenters. The number of ether oxygens (including phenoxy) is 1. The van der Waals surface area contributed by atoms with Crippen LogP contribution in [0.15, 0.2) is 24.3 Å². The van der Waals surface area contributed by atoms with Crippen molar-refractivity contribution in [1.82, 2.24) is 4.90 Å². The lowest BCUT2D eigenvalue weighted by molar-refractivity contribution is 0.151. The van der Waals surface area contributed by atoms with Crippen molar-refractivity contribution < 1.29 is 4.74 Å². The van der Waals surface area contributed by atoms with Gasteiger partial charge < -0.3 is 15.4 Å². The molecule has 0 bridgehead atoms. The molecule has 0 spiro atoms. The van der Waals surface area contributed by atoms with Crippen molar-refractivity contribution in [2.24, 2.45) is 17.6 Å². The summed E-state index contributed by atoms with van der Waals surface area (Å²) in [5.41, 5.74) is 7.52. The molecule has 3 heteroatoms. The van der Waals surface area contributed by atoms with E-state index in [-0.39, 0.29) is 6.04 Å². The number of piperidine rings is 1. The highest BCUT2D eigenvalue weighted by Crippen LogP contribution is 2.25. The predicted molar refractivity (Wildman–Crippen MR) is 83.9 cm³/mol. The van der Waals surface area contributed by atoms with Crippen molar-refractivity contribution in [3.8, 4) is 5.75 Å². The summed E-state index contributed by atoms with van der Waals surface area (Å²) < 4.78 is 5.18. The van der Waals surface area contributed by atoms with Gasteiger partial charge in [0.1, 0.15) is 5.75 Å². The summed E-state index contributed by atoms with van der Waals surface area (Å²) in [4.78, 5) is 2.51. The van der Waals surface area contributed by atoms with Crippen LogP contribution in [-0.2, 0) is 0 Å². The minimum absolute atomic E-state index is 0.0940. The molecule has 0 radical (unpaired) electrons. The molecule has 0 saturated carbocycles. The predicted octanol–water partition coefficient (Wildman–Crippen LogP) is 3.06. The Hall–Kier alpha value is -1.06. The Morgan fingerprint density at radius 3 is 2.30 bits per heavy atom. The van der Waals surface area contributed by atoms with Gasteiger partial charge in [0, 0.05) is 12.6 Å². The topological polar surface area (TPSA) is 38.5 Å². The summed E-state index contributed by atoms with van der Waals surface area (Å²) in [6.45, 7) is 8.00. The third-order valence-electron chi connectivity index (χ3n) is 4.57. The van der Waals surface area contributed by atoms with Gasteiger partial charge >= 0.3 is 0 Å². The van der Waals surface area contributed by atoms with E-state index in [0.717, 1.165) is 24.1 Å². The molecule has 0 aromatic heterocycles. The number of hydrogen-bond acceptors (Lipinski definition) is 3. The lowest BCUT2D eigenvalue weighted by atomic mass is 9.86. The number of hydrogen-bond donors (Lipinski definition) is 1. The first-order valence-corrected chi connectivity index (χ1v) is 7.72. The first-order chi connectivity index (χ1) is 9.60. The molecular formula is C17H28N2O. The molecule has 1 heterocycles. The minimum atomic E-state index is 0.0940. The zero-order valence-corrected chi connectivity index (χ0v) is 13.0. The van der Waals surface area contributed by atoms with Crippen LogP contribution in [0.2, 0.25) is 0 Å². The SMILES string of the molecule is COc1ccc(C(N)CN2CCC(C(C)C)CC2)cc1. The van der Waals surface area contributed by atoms with Gasteiger partial charge in [-0.15, -0.1) is 0 Å². The Morgan fingerprint density at radius 1 is 1.20 bits per heavy atom. The standard InChI is InChI=1S/C17H28N2O/c1-13(2)14-8-10-19(11-9-14)12-17(18)15-4-6-16(20-3)7-5-15/h4-7,13-14,17H,8-12,18H2,1-3H3. The largest absolute Gasteiger partial charge is 0.497 e. The van der Waals surface area contributed by atoms with Gasteiger partial charge in [-0.1, -0.05) is 26.0 Å². The van der Waals surface area contributed by atoms with Crippen LogP contribution in [0, 0.1) is 11.8 Å². The van der Waals surface area contributed by atoms with Gasteiger partial charge in [0.2, 0.25) is 0 Å². The molecule has 1 aromatic carbocycles. The maximum Gasteiger partial charge on any atom is 0.118 e. The third-order valence-corrected chi connectivity index (χ3v) is 4.57. The zero-order chi connectivity index (χ0) is 14.5. The monoisotopic (exact) mass is 276 g/mol. The summed E-state index contributed by atoms with van der Waals surface area (Å²) >= 11 is 0. The Morgan fingerprint density at radius 2 is 1.80 bits per heavy atom. The lowest BCUT2D eigenvalue weighted by Crippen LogP contribution is -2.39. The molecular weight excluding hydrogens is 248 g/mol. The van der Waals surface area contributed by atoms with Gasteiger partial charge in [-0.2, -0.15) is 0 Å². The lowest BCUT2D eigenvalue weighted by Gasteiger charge is -2.35. The van der Waals surface area contributed by atoms with Gasteiger partial charge in [-0.25, -0.2) is 0 Å². The second-order valence-corrected chi connectivity index (χ2v) is 6.26. The quantitative estimate of drug-likeness (QED) is 0.898. The normalized spacial score (nSPS) is 19.2. The van der Waals surface area contributed by atoms with Crippen LogP contribution in [-0.4, -0.2) is 31.6 Å². The van der Waals surface area contributed by atoms with E-state index < -0.39 is 0 Å². The number of nitrogens with zero attached hydrogens (tertiary/aromatic N) is 1. The van der Waals surface area contributed by atoms with Crippen LogP contribution in [0.4, 0.5) is 0 Å². The maximum atomic E-state index is 6.33. The van der Waals surface area contributed by atoms with Gasteiger partial charge in [-0.3, -0.25) is 0 Å². The molecule has 3 nitrogen and oxygen atoms in total. The Kier molecular flexibility index (Phi) is 5.44. The van der Waals surface area contributed by atoms with E-state index in [1.807, 2.05) is 12.1 Å². The van der Waals surface area contributed by atoms with Crippen LogP contribution >= 0.6 is 0 Å². The average molecular weight is 276 g/mol. The van der Waals surface area contributed by atoms with Crippen molar-refractivity contribution >= 4 is 0 Å². The number of rotatable bonds is 5. The average Bonchev–Trinajstić information content (AvgIpc) is 2.48. The van der Waals surface area contributed by atoms with E-state index in [2.05, 4.69) is 30.9 Å². The molecule has 2 rings (SSSR count). The number of likely N-dealkylation sites (tertiary alicyclic amines) is 1. The second kappa shape index (κ2) is 7.09. The summed E-state index contributed by atoms with van der Waals surface area (Å²) in [5, 5.41) is 0. The molecule has 1 aliphatic heterocycles. The molecule has 1 fully saturated rings. The smallest absolute Gasteiger partial charge is 0.118 e. The highest BCUT2D eigenvalue weighted by atomic mass is 16.5. The molecule has 1 aliphatic rings. The molecule has 2 N–H and O–H groups in total. The minimum Gasteiger partial charge on any atom is -0.497 e. The highest BCUT2D eigenvalue weighted by molar-refractivity contribution is 5.29. The molecule has 1 atom stereocenters. The summed E-state index contributed by atoms with van der Waals surface area (Å²) in [7, 11) is 1.69. The van der Waals surface area contributed by atoms with Crippen molar-refractivity contribution in [1.29, 1.82) is 0 Å². The summed E-state index contributed by atoms with van der Waals surface area (Å²) in [5.74, 6) is 2.59. The van der Waals surface area contributed by atoms with Gasteiger partial charge in [-0.05, 0) is 55.5 Å². The third kappa shape index (κ3) is 3.97. The second-order valence-electron chi connectivity index (χ2n) is 6.26. The fourth-order valence-electron chi connectivity index (χ4n) is 3.04. The van der Waals surface area contributed by atoms with Gasteiger partial charge in [0.05, 0.1) is 7.11 Å². The first kappa shape index (κ1) is 15.3. The van der Waals surface area contributed by atoms with Crippen LogP contribution < -0.4 is 10.5 Å². The van der Waals surface area contributed by atoms with E-state index in [0.29, 0.717) is 0 Å². The van der Waals surface area contributed by atoms with Crippen molar-refractivity contribution in [2.45, 2.75) is 32.7 Å². The molecule has 1 saturated heterocycles. The van der Waals surface area contributed by atoms with Crippen molar-refractivity contribution in [3.05, 3.63) is 29.8 Å². The van der Waals surface area contributed by atoms with Crippen LogP contribution in [0.3, 0.4) is 0 Å². The van der Waals surface area contributed by atoms with Gasteiger partial charge in [0.25, 0.3) is 0 Å². The number of nitrogens with two attached hydrogens (primary N) is 1. The van der Waals surface area contributed by atoms with Crippen molar-refractivity contribution in [3.63, 3.8) is 0 Å². The van der Waals surface area contributed by atoms with E-state index in [1.165, 1.54) is 31.5 Å². The Labute approximate surface area is 123 Å².